The minimum absolute atomic E-state index is 0.367. The number of nitrogen functional groups attached to an aromatic ring is 1. The number of benzene rings is 5. The molecule has 0 bridgehead atoms. The molecule has 1 heterocycles. The highest BCUT2D eigenvalue weighted by molar-refractivity contribution is 6.22. The Labute approximate surface area is 194 Å². The Morgan fingerprint density at radius 1 is 0.794 bits per heavy atom. The molecule has 6 aromatic rings. The minimum Gasteiger partial charge on any atom is -0.465 e. The lowest BCUT2D eigenvalue weighted by Crippen LogP contribution is -2.04. The molecule has 0 radical (unpaired) electrons. The van der Waals surface area contributed by atoms with Crippen LogP contribution >= 0.6 is 0 Å². The number of fused-ring (bicyclic) bond motifs is 6. The molecule has 5 heteroatoms. The molecule has 0 amide bonds. The van der Waals surface area contributed by atoms with Gasteiger partial charge in [-0.25, -0.2) is 4.79 Å². The van der Waals surface area contributed by atoms with Gasteiger partial charge in [-0.05, 0) is 46.7 Å². The number of carbonyl (C=O) groups excluding carboxylic acids is 1. The second kappa shape index (κ2) is 7.46. The summed E-state index contributed by atoms with van der Waals surface area (Å²) in [5, 5.41) is 14.0. The zero-order valence-corrected chi connectivity index (χ0v) is 18.4. The Morgan fingerprint density at radius 3 is 2.18 bits per heavy atom. The number of hydrogen-bond acceptors (Lipinski definition) is 5. The average molecular weight is 444 g/mol. The van der Waals surface area contributed by atoms with Crippen molar-refractivity contribution in [1.29, 1.82) is 5.41 Å². The third-order valence-corrected chi connectivity index (χ3v) is 6.37. The van der Waals surface area contributed by atoms with Gasteiger partial charge in [-0.3, -0.25) is 0 Å². The molecule has 5 nitrogen and oxygen atoms in total. The highest BCUT2D eigenvalue weighted by Gasteiger charge is 2.21. The van der Waals surface area contributed by atoms with Crippen LogP contribution in [0.15, 0.2) is 89.3 Å². The summed E-state index contributed by atoms with van der Waals surface area (Å²) >= 11 is 0. The first-order chi connectivity index (χ1) is 16.6. The lowest BCUT2D eigenvalue weighted by Gasteiger charge is -2.16. The number of nitrogens with one attached hydrogen (secondary N) is 1. The van der Waals surface area contributed by atoms with Crippen LogP contribution in [0, 0.1) is 5.41 Å². The molecule has 0 aliphatic heterocycles. The quantitative estimate of drug-likeness (QED) is 0.140. The maximum atomic E-state index is 12.7. The van der Waals surface area contributed by atoms with Crippen LogP contribution in [-0.4, -0.2) is 13.1 Å². The number of nitrogens with two attached hydrogens (primary N) is 1. The summed E-state index contributed by atoms with van der Waals surface area (Å²) in [5.74, 6) is -0.417. The molecule has 0 aliphatic rings. The molecule has 0 unspecified atom stereocenters. The number of anilines is 1. The van der Waals surface area contributed by atoms with Crippen LogP contribution in [0.25, 0.3) is 54.6 Å². The van der Waals surface area contributed by atoms with Crippen molar-refractivity contribution in [2.45, 2.75) is 0 Å². The van der Waals surface area contributed by atoms with E-state index in [4.69, 9.17) is 20.3 Å². The molecule has 0 fully saturated rings. The molecule has 5 aromatic carbocycles. The zero-order valence-electron chi connectivity index (χ0n) is 18.4. The van der Waals surface area contributed by atoms with Gasteiger partial charge in [0.1, 0.15) is 11.2 Å². The SMILES string of the molecule is COC(=O)c1ccccc1-c1c2ccc3cccc(N)c3c2oc2c1ccc1cccc(=N)c12. The Balaban J connectivity index is 1.93. The summed E-state index contributed by atoms with van der Waals surface area (Å²) in [5.41, 5.74) is 10.3. The molecule has 6 rings (SSSR count). The van der Waals surface area contributed by atoms with Crippen LogP contribution in [-0.2, 0) is 4.74 Å². The molecule has 1 aromatic heterocycles. The maximum absolute atomic E-state index is 12.7. The summed E-state index contributed by atoms with van der Waals surface area (Å²) in [6, 6.07) is 26.7. The van der Waals surface area contributed by atoms with Crippen molar-refractivity contribution in [3.8, 4) is 11.1 Å². The summed E-state index contributed by atoms with van der Waals surface area (Å²) in [7, 11) is 1.38. The third kappa shape index (κ3) is 2.80. The van der Waals surface area contributed by atoms with Crippen molar-refractivity contribution < 1.29 is 13.9 Å². The van der Waals surface area contributed by atoms with E-state index in [-0.39, 0.29) is 0 Å². The molecule has 0 aliphatic carbocycles. The maximum Gasteiger partial charge on any atom is 0.338 e. The van der Waals surface area contributed by atoms with Crippen LogP contribution < -0.4 is 11.1 Å². The molecular formula is C29H20N2O3. The van der Waals surface area contributed by atoms with Crippen molar-refractivity contribution >= 4 is 55.1 Å². The number of ether oxygens (including phenoxy) is 1. The number of rotatable bonds is 2. The van der Waals surface area contributed by atoms with Gasteiger partial charge in [0.25, 0.3) is 0 Å². The van der Waals surface area contributed by atoms with Crippen molar-refractivity contribution in [2.75, 3.05) is 12.8 Å². The second-order valence-electron chi connectivity index (χ2n) is 8.25. The van der Waals surface area contributed by atoms with E-state index in [1.54, 1.807) is 12.1 Å². The monoisotopic (exact) mass is 444 g/mol. The van der Waals surface area contributed by atoms with E-state index in [1.807, 2.05) is 72.8 Å². The van der Waals surface area contributed by atoms with E-state index in [9.17, 15) is 4.79 Å². The second-order valence-corrected chi connectivity index (χ2v) is 8.25. The summed E-state index contributed by atoms with van der Waals surface area (Å²) in [4.78, 5) is 12.7. The van der Waals surface area contributed by atoms with E-state index in [1.165, 1.54) is 7.11 Å². The van der Waals surface area contributed by atoms with Crippen molar-refractivity contribution in [2.24, 2.45) is 0 Å². The molecule has 3 N–H and O–H groups in total. The molecule has 0 saturated heterocycles. The standard InChI is InChI=1S/C29H20N2O3/c1-33-29(32)19-9-3-2-8-18(19)26-20-14-12-16-6-4-10-22(30)24(16)27(20)34-28-21(26)15-13-17-7-5-11-23(31)25(17)28/h2-15,30H,31H2,1H3. The van der Waals surface area contributed by atoms with Gasteiger partial charge in [0, 0.05) is 27.4 Å². The van der Waals surface area contributed by atoms with Gasteiger partial charge in [-0.1, -0.05) is 54.6 Å². The van der Waals surface area contributed by atoms with Crippen molar-refractivity contribution in [1.82, 2.24) is 0 Å². The predicted molar refractivity (Wildman–Crippen MR) is 136 cm³/mol. The Morgan fingerprint density at radius 2 is 1.44 bits per heavy atom. The van der Waals surface area contributed by atoms with Crippen LogP contribution in [0.3, 0.4) is 0 Å². The van der Waals surface area contributed by atoms with E-state index in [2.05, 4.69) is 0 Å². The third-order valence-electron chi connectivity index (χ3n) is 6.37. The van der Waals surface area contributed by atoms with E-state index < -0.39 is 5.97 Å². The Kier molecular flexibility index (Phi) is 4.39. The lowest BCUT2D eigenvalue weighted by molar-refractivity contribution is 0.0601. The van der Waals surface area contributed by atoms with Gasteiger partial charge >= 0.3 is 5.97 Å². The molecule has 0 atom stereocenters. The largest absolute Gasteiger partial charge is 0.465 e. The van der Waals surface area contributed by atoms with E-state index in [0.29, 0.717) is 33.2 Å². The smallest absolute Gasteiger partial charge is 0.338 e. The fourth-order valence-corrected chi connectivity index (χ4v) is 4.85. The van der Waals surface area contributed by atoms with Crippen LogP contribution in [0.1, 0.15) is 10.4 Å². The van der Waals surface area contributed by atoms with Gasteiger partial charge in [-0.15, -0.1) is 0 Å². The first-order valence-corrected chi connectivity index (χ1v) is 10.9. The minimum atomic E-state index is -0.417. The Bertz CT molecular complexity index is 1850. The van der Waals surface area contributed by atoms with Crippen LogP contribution in [0.2, 0.25) is 0 Å². The summed E-state index contributed by atoms with van der Waals surface area (Å²) in [6.45, 7) is 0. The van der Waals surface area contributed by atoms with Gasteiger partial charge in [0.05, 0.1) is 23.4 Å². The van der Waals surface area contributed by atoms with E-state index in [0.717, 1.165) is 38.1 Å². The lowest BCUT2D eigenvalue weighted by atomic mass is 9.91. The first-order valence-electron chi connectivity index (χ1n) is 10.9. The number of methoxy groups -OCH3 is 1. The first kappa shape index (κ1) is 20.0. The predicted octanol–water partition coefficient (Wildman–Crippen LogP) is 6.41. The fraction of sp³-hybridized carbons (Fsp3) is 0.0345. The summed E-state index contributed by atoms with van der Waals surface area (Å²) < 4.78 is 11.7. The zero-order chi connectivity index (χ0) is 23.4. The highest BCUT2D eigenvalue weighted by Crippen LogP contribution is 2.43. The highest BCUT2D eigenvalue weighted by atomic mass is 16.5. The van der Waals surface area contributed by atoms with Gasteiger partial charge < -0.3 is 20.3 Å². The number of esters is 1. The van der Waals surface area contributed by atoms with Gasteiger partial charge in [0.2, 0.25) is 0 Å². The number of carbonyl (C=O) groups is 1. The average Bonchev–Trinajstić information content (AvgIpc) is 2.86. The van der Waals surface area contributed by atoms with Crippen molar-refractivity contribution in [3.05, 3.63) is 95.8 Å². The topological polar surface area (TPSA) is 89.3 Å². The Hall–Kier alpha value is -4.64. The molecular weight excluding hydrogens is 424 g/mol. The van der Waals surface area contributed by atoms with E-state index >= 15 is 0 Å². The van der Waals surface area contributed by atoms with Crippen molar-refractivity contribution in [3.63, 3.8) is 0 Å². The molecule has 34 heavy (non-hydrogen) atoms. The fourth-order valence-electron chi connectivity index (χ4n) is 4.85. The molecule has 164 valence electrons. The van der Waals surface area contributed by atoms with Crippen LogP contribution in [0.4, 0.5) is 5.69 Å². The summed E-state index contributed by atoms with van der Waals surface area (Å²) in [6.07, 6.45) is 0. The molecule has 0 spiro atoms. The normalized spacial score (nSPS) is 11.4. The van der Waals surface area contributed by atoms with Gasteiger partial charge in [0.15, 0.2) is 0 Å². The number of hydrogen-bond donors (Lipinski definition) is 2. The molecule has 0 saturated carbocycles. The van der Waals surface area contributed by atoms with Crippen LogP contribution in [0.5, 0.6) is 0 Å². The van der Waals surface area contributed by atoms with Gasteiger partial charge in [-0.2, -0.15) is 0 Å².